The van der Waals surface area contributed by atoms with Crippen LogP contribution in [0.1, 0.15) is 57.7 Å². The Morgan fingerprint density at radius 3 is 2.61 bits per heavy atom. The number of amides is 2. The maximum atomic E-state index is 13.1. The molecule has 2 saturated carbocycles. The van der Waals surface area contributed by atoms with Crippen molar-refractivity contribution in [2.24, 2.45) is 17.7 Å². The summed E-state index contributed by atoms with van der Waals surface area (Å²) in [5.74, 6) is 6.47. The van der Waals surface area contributed by atoms with Crippen LogP contribution in [0.2, 0.25) is 0 Å². The third-order valence-electron chi connectivity index (χ3n) is 5.32. The van der Waals surface area contributed by atoms with E-state index in [0.717, 1.165) is 43.5 Å². The number of aryl methyl sites for hydroxylation is 1. The SMILES string of the molecule is CCc1nc(NC2CC2)nc(N(N)C(=O)C(CC2CCCC2)CN(O)C=O)n1. The number of carbonyl (C=O) groups excluding carboxylic acids is 2. The van der Waals surface area contributed by atoms with Crippen molar-refractivity contribution in [3.8, 4) is 0 Å². The largest absolute Gasteiger partial charge is 0.351 e. The highest BCUT2D eigenvalue weighted by Crippen LogP contribution is 2.31. The van der Waals surface area contributed by atoms with Crippen molar-refractivity contribution >= 4 is 24.2 Å². The van der Waals surface area contributed by atoms with Gasteiger partial charge in [0.15, 0.2) is 0 Å². The fourth-order valence-corrected chi connectivity index (χ4v) is 3.61. The number of rotatable bonds is 10. The molecule has 0 spiro atoms. The number of hydrogen-bond acceptors (Lipinski definition) is 8. The lowest BCUT2D eigenvalue weighted by Crippen LogP contribution is -2.46. The van der Waals surface area contributed by atoms with Gasteiger partial charge in [-0.1, -0.05) is 32.6 Å². The fraction of sp³-hybridized carbons (Fsp3) is 0.722. The Bertz CT molecular complexity index is 692. The van der Waals surface area contributed by atoms with Gasteiger partial charge in [-0.15, -0.1) is 0 Å². The van der Waals surface area contributed by atoms with Gasteiger partial charge in [0.05, 0.1) is 12.5 Å². The Morgan fingerprint density at radius 2 is 2.00 bits per heavy atom. The molecule has 28 heavy (non-hydrogen) atoms. The molecule has 1 aromatic heterocycles. The summed E-state index contributed by atoms with van der Waals surface area (Å²) in [6.07, 6.45) is 7.93. The molecule has 0 bridgehead atoms. The third kappa shape index (κ3) is 5.35. The highest BCUT2D eigenvalue weighted by molar-refractivity contribution is 5.92. The maximum absolute atomic E-state index is 13.1. The molecule has 2 aliphatic rings. The molecular weight excluding hydrogens is 362 g/mol. The van der Waals surface area contributed by atoms with Crippen molar-refractivity contribution < 1.29 is 14.8 Å². The van der Waals surface area contributed by atoms with E-state index in [1.807, 2.05) is 6.92 Å². The van der Waals surface area contributed by atoms with Crippen LogP contribution < -0.4 is 16.2 Å². The number of aromatic nitrogens is 3. The lowest BCUT2D eigenvalue weighted by Gasteiger charge is -2.25. The summed E-state index contributed by atoms with van der Waals surface area (Å²) in [4.78, 5) is 36.8. The average Bonchev–Trinajstić information content (AvgIpc) is 3.37. The molecule has 0 aliphatic heterocycles. The zero-order valence-electron chi connectivity index (χ0n) is 16.3. The van der Waals surface area contributed by atoms with Crippen LogP contribution in [0.4, 0.5) is 11.9 Å². The summed E-state index contributed by atoms with van der Waals surface area (Å²) in [5, 5.41) is 14.3. The zero-order valence-corrected chi connectivity index (χ0v) is 16.3. The van der Waals surface area contributed by atoms with Crippen LogP contribution in [-0.4, -0.2) is 50.1 Å². The minimum atomic E-state index is -0.620. The summed E-state index contributed by atoms with van der Waals surface area (Å²) in [5.41, 5.74) is 0. The first kappa shape index (κ1) is 20.4. The van der Waals surface area contributed by atoms with Gasteiger partial charge in [-0.2, -0.15) is 15.0 Å². The highest BCUT2D eigenvalue weighted by Gasteiger charge is 2.31. The van der Waals surface area contributed by atoms with Crippen molar-refractivity contribution in [1.29, 1.82) is 0 Å². The van der Waals surface area contributed by atoms with Gasteiger partial charge in [-0.25, -0.2) is 15.9 Å². The predicted molar refractivity (Wildman–Crippen MR) is 102 cm³/mol. The van der Waals surface area contributed by atoms with E-state index in [1.54, 1.807) is 0 Å². The first-order valence-electron chi connectivity index (χ1n) is 10.0. The Morgan fingerprint density at radius 1 is 1.29 bits per heavy atom. The smallest absolute Gasteiger partial charge is 0.252 e. The zero-order chi connectivity index (χ0) is 20.1. The van der Waals surface area contributed by atoms with Crippen molar-refractivity contribution in [1.82, 2.24) is 20.0 Å². The molecule has 2 aliphatic carbocycles. The summed E-state index contributed by atoms with van der Waals surface area (Å²) in [6, 6.07) is 0.354. The van der Waals surface area contributed by atoms with Crippen LogP contribution in [0.5, 0.6) is 0 Å². The Kier molecular flexibility index (Phi) is 6.74. The van der Waals surface area contributed by atoms with Crippen LogP contribution in [0.25, 0.3) is 0 Å². The number of hydrazine groups is 1. The van der Waals surface area contributed by atoms with Crippen molar-refractivity contribution in [2.75, 3.05) is 16.9 Å². The standard InChI is InChI=1S/C18H29N7O3/c1-2-15-21-17(20-14-7-8-14)23-18(22-15)25(19)16(27)13(10-24(28)11-26)9-12-5-3-4-6-12/h11-14,28H,2-10,19H2,1H3,(H,20,21,22,23). The molecule has 0 saturated heterocycles. The van der Waals surface area contributed by atoms with E-state index < -0.39 is 11.8 Å². The Labute approximate surface area is 164 Å². The molecule has 10 heteroatoms. The van der Waals surface area contributed by atoms with Gasteiger partial charge >= 0.3 is 0 Å². The van der Waals surface area contributed by atoms with E-state index in [9.17, 15) is 14.8 Å². The maximum Gasteiger partial charge on any atom is 0.252 e. The molecule has 10 nitrogen and oxygen atoms in total. The lowest BCUT2D eigenvalue weighted by molar-refractivity contribution is -0.154. The van der Waals surface area contributed by atoms with Crippen molar-refractivity contribution in [3.05, 3.63) is 5.82 Å². The van der Waals surface area contributed by atoms with Gasteiger partial charge in [0.1, 0.15) is 5.82 Å². The second-order valence-electron chi connectivity index (χ2n) is 7.67. The van der Waals surface area contributed by atoms with E-state index >= 15 is 0 Å². The predicted octanol–water partition coefficient (Wildman–Crippen LogP) is 1.26. The molecule has 1 heterocycles. The Balaban J connectivity index is 1.77. The van der Waals surface area contributed by atoms with Crippen LogP contribution in [0.15, 0.2) is 0 Å². The average molecular weight is 391 g/mol. The number of nitrogens with zero attached hydrogens (tertiary/aromatic N) is 5. The first-order valence-corrected chi connectivity index (χ1v) is 10.0. The molecule has 1 atom stereocenters. The van der Waals surface area contributed by atoms with Gasteiger partial charge in [-0.05, 0) is 25.2 Å². The van der Waals surface area contributed by atoms with E-state index in [1.165, 1.54) is 0 Å². The van der Waals surface area contributed by atoms with Gasteiger partial charge in [-0.3, -0.25) is 14.8 Å². The van der Waals surface area contributed by atoms with Gasteiger partial charge in [0, 0.05) is 12.5 Å². The van der Waals surface area contributed by atoms with Crippen molar-refractivity contribution in [3.63, 3.8) is 0 Å². The minimum absolute atomic E-state index is 0.0759. The molecule has 1 aromatic rings. The van der Waals surface area contributed by atoms with E-state index in [0.29, 0.717) is 48.0 Å². The monoisotopic (exact) mass is 391 g/mol. The first-order chi connectivity index (χ1) is 13.5. The lowest BCUT2D eigenvalue weighted by atomic mass is 9.92. The van der Waals surface area contributed by atoms with Gasteiger partial charge in [0.25, 0.3) is 5.95 Å². The molecule has 3 rings (SSSR count). The molecule has 1 unspecified atom stereocenters. The third-order valence-corrected chi connectivity index (χ3v) is 5.32. The molecule has 2 fully saturated rings. The number of nitrogens with one attached hydrogen (secondary N) is 1. The highest BCUT2D eigenvalue weighted by atomic mass is 16.5. The number of nitrogens with two attached hydrogens (primary N) is 1. The normalized spacial score (nSPS) is 18.0. The van der Waals surface area contributed by atoms with Crippen LogP contribution in [0.3, 0.4) is 0 Å². The number of hydrogen-bond donors (Lipinski definition) is 3. The van der Waals surface area contributed by atoms with E-state index in [4.69, 9.17) is 5.84 Å². The fourth-order valence-electron chi connectivity index (χ4n) is 3.61. The van der Waals surface area contributed by atoms with Crippen molar-refractivity contribution in [2.45, 2.75) is 64.3 Å². The molecule has 154 valence electrons. The molecule has 2 amide bonds. The second kappa shape index (κ2) is 9.24. The summed E-state index contributed by atoms with van der Waals surface area (Å²) in [7, 11) is 0. The minimum Gasteiger partial charge on any atom is -0.351 e. The number of hydroxylamine groups is 2. The van der Waals surface area contributed by atoms with E-state index in [-0.39, 0.29) is 12.5 Å². The second-order valence-corrected chi connectivity index (χ2v) is 7.67. The quantitative estimate of drug-likeness (QED) is 0.178. The number of carbonyl (C=O) groups is 2. The molecule has 0 radical (unpaired) electrons. The van der Waals surface area contributed by atoms with Crippen LogP contribution >= 0.6 is 0 Å². The van der Waals surface area contributed by atoms with Crippen LogP contribution in [0, 0.1) is 11.8 Å². The molecular formula is C18H29N7O3. The molecule has 0 aromatic carbocycles. The number of anilines is 2. The molecule has 4 N–H and O–H groups in total. The Hall–Kier alpha value is -2.33. The topological polar surface area (TPSA) is 138 Å². The van der Waals surface area contributed by atoms with Crippen LogP contribution in [-0.2, 0) is 16.0 Å². The summed E-state index contributed by atoms with van der Waals surface area (Å²) < 4.78 is 0. The summed E-state index contributed by atoms with van der Waals surface area (Å²) >= 11 is 0. The van der Waals surface area contributed by atoms with Gasteiger partial charge < -0.3 is 5.32 Å². The van der Waals surface area contributed by atoms with E-state index in [2.05, 4.69) is 20.3 Å². The van der Waals surface area contributed by atoms with Gasteiger partial charge in [0.2, 0.25) is 18.3 Å². The summed E-state index contributed by atoms with van der Waals surface area (Å²) in [6.45, 7) is 1.81.